The summed E-state index contributed by atoms with van der Waals surface area (Å²) >= 11 is 0. The van der Waals surface area contributed by atoms with Crippen molar-refractivity contribution in [3.05, 3.63) is 72.7 Å². The number of H-pyrrole nitrogens is 1. The molecule has 0 unspecified atom stereocenters. The van der Waals surface area contributed by atoms with Gasteiger partial charge in [-0.05, 0) is 36.4 Å². The predicted molar refractivity (Wildman–Crippen MR) is 106 cm³/mol. The molecule has 0 aliphatic carbocycles. The number of fused-ring (bicyclic) bond motifs is 4. The van der Waals surface area contributed by atoms with Gasteiger partial charge < -0.3 is 4.74 Å². The van der Waals surface area contributed by atoms with E-state index in [4.69, 9.17) is 4.74 Å². The van der Waals surface area contributed by atoms with Crippen LogP contribution in [0.2, 0.25) is 0 Å². The second-order valence-electron chi connectivity index (χ2n) is 7.03. The molecule has 1 aliphatic heterocycles. The van der Waals surface area contributed by atoms with E-state index in [-0.39, 0.29) is 5.82 Å². The molecule has 2 aromatic heterocycles. The average Bonchev–Trinajstić information content (AvgIpc) is 3.25. The maximum atomic E-state index is 14.1. The van der Waals surface area contributed by atoms with Crippen molar-refractivity contribution in [1.82, 2.24) is 10.2 Å². The van der Waals surface area contributed by atoms with E-state index in [1.807, 2.05) is 25.2 Å². The number of hydrogen-bond acceptors (Lipinski definition) is 2. The minimum Gasteiger partial charge on any atom is -0.456 e. The highest BCUT2D eigenvalue weighted by atomic mass is 19.1. The molecule has 0 amide bonds. The number of nitrogens with zero attached hydrogens (tertiary/aromatic N) is 2. The van der Waals surface area contributed by atoms with Crippen LogP contribution in [0.3, 0.4) is 0 Å². The molecule has 0 saturated carbocycles. The van der Waals surface area contributed by atoms with Gasteiger partial charge in [0.25, 0.3) is 0 Å². The average molecular weight is 368 g/mol. The van der Waals surface area contributed by atoms with E-state index in [9.17, 15) is 4.39 Å². The highest BCUT2D eigenvalue weighted by molar-refractivity contribution is 6.13. The zero-order valence-corrected chi connectivity index (χ0v) is 15.0. The molecule has 1 aliphatic rings. The number of ether oxygens (including phenoxy) is 1. The van der Waals surface area contributed by atoms with Crippen LogP contribution >= 0.6 is 0 Å². The van der Waals surface area contributed by atoms with Crippen LogP contribution in [0.5, 0.6) is 11.5 Å². The second-order valence-corrected chi connectivity index (χ2v) is 7.03. The molecule has 4 nitrogen and oxygen atoms in total. The fourth-order valence-electron chi connectivity index (χ4n) is 4.20. The summed E-state index contributed by atoms with van der Waals surface area (Å²) in [4.78, 5) is 0. The second kappa shape index (κ2) is 5.39. The molecule has 5 aromatic rings. The molecule has 3 heterocycles. The number of rotatable bonds is 1. The Balaban J connectivity index is 1.79. The number of nitrogens with one attached hydrogen (secondary N) is 1. The number of aromatic nitrogens is 3. The minimum absolute atomic E-state index is 0.277. The van der Waals surface area contributed by atoms with Crippen molar-refractivity contribution in [3.8, 4) is 34.0 Å². The Kier molecular flexibility index (Phi) is 2.95. The fraction of sp³-hybridized carbons (Fsp3) is 0.0435. The molecule has 0 saturated heterocycles. The highest BCUT2D eigenvalue weighted by Crippen LogP contribution is 2.46. The summed E-state index contributed by atoms with van der Waals surface area (Å²) in [6.45, 7) is 0. The Morgan fingerprint density at radius 2 is 1.89 bits per heavy atom. The van der Waals surface area contributed by atoms with Crippen LogP contribution < -0.4 is 9.30 Å². The lowest BCUT2D eigenvalue weighted by Crippen LogP contribution is -2.33. The maximum absolute atomic E-state index is 14.1. The number of pyridine rings is 1. The highest BCUT2D eigenvalue weighted by Gasteiger charge is 2.30. The Labute approximate surface area is 159 Å². The normalized spacial score (nSPS) is 12.2. The van der Waals surface area contributed by atoms with Crippen LogP contribution in [-0.2, 0) is 7.05 Å². The van der Waals surface area contributed by atoms with Crippen LogP contribution in [0.25, 0.3) is 44.2 Å². The van der Waals surface area contributed by atoms with Crippen LogP contribution in [0.1, 0.15) is 0 Å². The smallest absolute Gasteiger partial charge is 0.228 e. The Morgan fingerprint density at radius 1 is 0.964 bits per heavy atom. The van der Waals surface area contributed by atoms with Crippen LogP contribution in [0.15, 0.2) is 66.9 Å². The first-order chi connectivity index (χ1) is 13.7. The summed E-state index contributed by atoms with van der Waals surface area (Å²) in [6.07, 6.45) is 1.74. The van der Waals surface area contributed by atoms with Gasteiger partial charge in [0.05, 0.1) is 22.0 Å². The van der Waals surface area contributed by atoms with Gasteiger partial charge in [-0.15, -0.1) is 0 Å². The van der Waals surface area contributed by atoms with E-state index in [1.165, 1.54) is 6.07 Å². The number of hydrogen-bond donors (Lipinski definition) is 1. The van der Waals surface area contributed by atoms with Crippen molar-refractivity contribution in [2.75, 3.05) is 0 Å². The SMILES string of the molecule is C[n+]1c2c3c(cccc3c3ccc(-c4ccn[nH]4)cc31)Oc1ccc(F)cc1-2. The first-order valence-corrected chi connectivity index (χ1v) is 9.07. The Morgan fingerprint density at radius 3 is 2.75 bits per heavy atom. The molecule has 0 bridgehead atoms. The zero-order chi connectivity index (χ0) is 18.8. The van der Waals surface area contributed by atoms with Crippen LogP contribution in [0, 0.1) is 5.82 Å². The lowest BCUT2D eigenvalue weighted by Gasteiger charge is -2.20. The molecule has 0 atom stereocenters. The van der Waals surface area contributed by atoms with Gasteiger partial charge in [0, 0.05) is 23.2 Å². The lowest BCUT2D eigenvalue weighted by atomic mass is 9.95. The topological polar surface area (TPSA) is 41.8 Å². The number of aromatic amines is 1. The van der Waals surface area contributed by atoms with E-state index in [0.29, 0.717) is 5.75 Å². The summed E-state index contributed by atoms with van der Waals surface area (Å²) in [7, 11) is 2.02. The van der Waals surface area contributed by atoms with Gasteiger partial charge >= 0.3 is 0 Å². The van der Waals surface area contributed by atoms with Crippen molar-refractivity contribution in [2.24, 2.45) is 7.05 Å². The Hall–Kier alpha value is -3.73. The molecule has 6 rings (SSSR count). The molecule has 0 fully saturated rings. The van der Waals surface area contributed by atoms with Gasteiger partial charge in [0.15, 0.2) is 0 Å². The fourth-order valence-corrected chi connectivity index (χ4v) is 4.20. The van der Waals surface area contributed by atoms with Gasteiger partial charge in [0.2, 0.25) is 11.2 Å². The van der Waals surface area contributed by atoms with Gasteiger partial charge in [-0.3, -0.25) is 5.10 Å². The van der Waals surface area contributed by atoms with Gasteiger partial charge in [-0.1, -0.05) is 18.2 Å². The predicted octanol–water partition coefficient (Wildman–Crippen LogP) is 5.12. The van der Waals surface area contributed by atoms with Crippen molar-refractivity contribution in [1.29, 1.82) is 0 Å². The van der Waals surface area contributed by atoms with Crippen molar-refractivity contribution in [2.45, 2.75) is 0 Å². The molecule has 3 aromatic carbocycles. The van der Waals surface area contributed by atoms with Crippen LogP contribution in [0.4, 0.5) is 4.39 Å². The standard InChI is InChI=1S/C23H14FN3O/c1-27-19-11-13(18-9-10-25-26-18)5-7-15(19)16-3-2-4-21-22(16)23(27)17-12-14(24)6-8-20(17)28-21/h2-12H,1H3/p+1. The van der Waals surface area contributed by atoms with E-state index in [1.54, 1.807) is 18.3 Å². The van der Waals surface area contributed by atoms with Gasteiger partial charge in [0.1, 0.15) is 24.4 Å². The zero-order valence-electron chi connectivity index (χ0n) is 15.0. The van der Waals surface area contributed by atoms with Crippen molar-refractivity contribution in [3.63, 3.8) is 0 Å². The first kappa shape index (κ1) is 15.3. The van der Waals surface area contributed by atoms with Gasteiger partial charge in [-0.25, -0.2) is 4.39 Å². The molecule has 0 spiro atoms. The molecule has 134 valence electrons. The lowest BCUT2D eigenvalue weighted by molar-refractivity contribution is -0.632. The summed E-state index contributed by atoms with van der Waals surface area (Å²) in [6, 6.07) is 19.0. The van der Waals surface area contributed by atoms with Crippen molar-refractivity contribution < 1.29 is 13.7 Å². The Bertz CT molecular complexity index is 1410. The minimum atomic E-state index is -0.277. The summed E-state index contributed by atoms with van der Waals surface area (Å²) < 4.78 is 22.3. The number of aryl methyl sites for hydroxylation is 1. The van der Waals surface area contributed by atoms with E-state index >= 15 is 0 Å². The van der Waals surface area contributed by atoms with Crippen molar-refractivity contribution >= 4 is 21.7 Å². The third-order valence-electron chi connectivity index (χ3n) is 5.48. The molecule has 5 heteroatoms. The molecule has 28 heavy (non-hydrogen) atoms. The first-order valence-electron chi connectivity index (χ1n) is 9.07. The molecular formula is C23H15FN3O+. The third kappa shape index (κ3) is 1.98. The quantitative estimate of drug-likeness (QED) is 0.323. The van der Waals surface area contributed by atoms with Crippen LogP contribution in [-0.4, -0.2) is 10.2 Å². The third-order valence-corrected chi connectivity index (χ3v) is 5.48. The maximum Gasteiger partial charge on any atom is 0.228 e. The van der Waals surface area contributed by atoms with E-state index < -0.39 is 0 Å². The summed E-state index contributed by atoms with van der Waals surface area (Å²) in [5.41, 5.74) is 4.79. The largest absolute Gasteiger partial charge is 0.456 e. The van der Waals surface area contributed by atoms with E-state index in [2.05, 4.69) is 39.0 Å². The van der Waals surface area contributed by atoms with Gasteiger partial charge in [-0.2, -0.15) is 9.67 Å². The number of halogens is 1. The molecule has 0 radical (unpaired) electrons. The number of benzene rings is 3. The monoisotopic (exact) mass is 368 g/mol. The summed E-state index contributed by atoms with van der Waals surface area (Å²) in [5, 5.41) is 10.3. The molecule has 1 N–H and O–H groups in total. The summed E-state index contributed by atoms with van der Waals surface area (Å²) in [5.74, 6) is 1.18. The van der Waals surface area contributed by atoms with E-state index in [0.717, 1.165) is 49.9 Å². The molecular weight excluding hydrogens is 353 g/mol.